The fourth-order valence-electron chi connectivity index (χ4n) is 3.23. The third-order valence-corrected chi connectivity index (χ3v) is 5.58. The fourth-order valence-corrected chi connectivity index (χ4v) is 3.92. The van der Waals surface area contributed by atoms with E-state index in [-0.39, 0.29) is 24.4 Å². The molecule has 0 aliphatic rings. The SMILES string of the molecule is C=CCOC(=O)CC(NC(=O)N(C(=C)C)c1cccc(C(F)(F)F)c1)c1ccc(C#N)cc1SC. The number of benzene rings is 2. The molecule has 2 amide bonds. The predicted octanol–water partition coefficient (Wildman–Crippen LogP) is 6.21. The summed E-state index contributed by atoms with van der Waals surface area (Å²) in [5.41, 5.74) is 0.147. The van der Waals surface area contributed by atoms with Gasteiger partial charge in [-0.3, -0.25) is 9.69 Å². The zero-order chi connectivity index (χ0) is 26.2. The molecule has 6 nitrogen and oxygen atoms in total. The van der Waals surface area contributed by atoms with Crippen molar-refractivity contribution in [2.24, 2.45) is 0 Å². The summed E-state index contributed by atoms with van der Waals surface area (Å²) in [4.78, 5) is 27.3. The number of hydrogen-bond donors (Lipinski definition) is 1. The highest BCUT2D eigenvalue weighted by Crippen LogP contribution is 2.33. The number of allylic oxidation sites excluding steroid dienone is 1. The van der Waals surface area contributed by atoms with E-state index in [2.05, 4.69) is 18.5 Å². The summed E-state index contributed by atoms with van der Waals surface area (Å²) in [5, 5.41) is 11.9. The van der Waals surface area contributed by atoms with E-state index < -0.39 is 29.8 Å². The molecule has 184 valence electrons. The Balaban J connectivity index is 2.46. The minimum Gasteiger partial charge on any atom is -0.461 e. The van der Waals surface area contributed by atoms with Crippen molar-refractivity contribution < 1.29 is 27.5 Å². The summed E-state index contributed by atoms with van der Waals surface area (Å²) >= 11 is 1.31. The molecule has 0 saturated carbocycles. The third kappa shape index (κ3) is 7.39. The number of esters is 1. The molecule has 0 fully saturated rings. The van der Waals surface area contributed by atoms with Crippen molar-refractivity contribution in [3.63, 3.8) is 0 Å². The number of nitrogens with zero attached hydrogens (tertiary/aromatic N) is 2. The normalized spacial score (nSPS) is 11.7. The summed E-state index contributed by atoms with van der Waals surface area (Å²) < 4.78 is 44.8. The molecule has 1 atom stereocenters. The number of anilines is 1. The van der Waals surface area contributed by atoms with Crippen LogP contribution in [0.1, 0.15) is 36.1 Å². The third-order valence-electron chi connectivity index (χ3n) is 4.79. The number of carbonyl (C=O) groups is 2. The van der Waals surface area contributed by atoms with Crippen LogP contribution in [0.15, 0.2) is 72.3 Å². The van der Waals surface area contributed by atoms with E-state index >= 15 is 0 Å². The maximum Gasteiger partial charge on any atom is 0.416 e. The Morgan fingerprint density at radius 2 is 2.00 bits per heavy atom. The number of hydrogen-bond acceptors (Lipinski definition) is 5. The van der Waals surface area contributed by atoms with Crippen molar-refractivity contribution in [1.82, 2.24) is 5.32 Å². The first-order valence-corrected chi connectivity index (χ1v) is 11.5. The highest BCUT2D eigenvalue weighted by atomic mass is 32.2. The number of rotatable bonds is 9. The average molecular weight is 504 g/mol. The lowest BCUT2D eigenvalue weighted by atomic mass is 10.0. The topological polar surface area (TPSA) is 82.4 Å². The summed E-state index contributed by atoms with van der Waals surface area (Å²) in [5.74, 6) is -0.618. The van der Waals surface area contributed by atoms with E-state index in [0.29, 0.717) is 16.0 Å². The minimum atomic E-state index is -4.60. The smallest absolute Gasteiger partial charge is 0.416 e. The second-order valence-corrected chi connectivity index (χ2v) is 8.21. The van der Waals surface area contributed by atoms with E-state index in [1.807, 2.05) is 6.07 Å². The number of nitriles is 1. The zero-order valence-electron chi connectivity index (χ0n) is 19.2. The standard InChI is InChI=1S/C25H24F3N3O3S/c1-5-11-34-23(32)14-21(20-10-9-17(15-29)12-22(20)35-4)30-24(33)31(16(2)3)19-8-6-7-18(13-19)25(26,27)28/h5-10,12-13,21H,1-2,11,14H2,3-4H3,(H,30,33). The van der Waals surface area contributed by atoms with Gasteiger partial charge in [0.25, 0.3) is 0 Å². The molecule has 2 aromatic rings. The van der Waals surface area contributed by atoms with Crippen LogP contribution in [-0.4, -0.2) is 24.9 Å². The highest BCUT2D eigenvalue weighted by Gasteiger charge is 2.32. The number of ether oxygens (including phenoxy) is 1. The van der Waals surface area contributed by atoms with Gasteiger partial charge in [0.05, 0.1) is 35.3 Å². The molecule has 0 aliphatic heterocycles. The van der Waals surface area contributed by atoms with Gasteiger partial charge in [-0.2, -0.15) is 18.4 Å². The molecule has 10 heteroatoms. The van der Waals surface area contributed by atoms with Gasteiger partial charge in [-0.15, -0.1) is 11.8 Å². The van der Waals surface area contributed by atoms with Gasteiger partial charge >= 0.3 is 18.2 Å². The first-order chi connectivity index (χ1) is 16.5. The lowest BCUT2D eigenvalue weighted by molar-refractivity contribution is -0.143. The number of alkyl halides is 3. The quantitative estimate of drug-likeness (QED) is 0.250. The van der Waals surface area contributed by atoms with Crippen molar-refractivity contribution in [2.75, 3.05) is 17.8 Å². The Hall–Kier alpha value is -3.71. The Labute approximate surface area is 206 Å². The second kappa shape index (κ2) is 12.1. The Morgan fingerprint density at radius 3 is 2.57 bits per heavy atom. The van der Waals surface area contributed by atoms with Gasteiger partial charge < -0.3 is 10.1 Å². The van der Waals surface area contributed by atoms with Gasteiger partial charge in [0.2, 0.25) is 0 Å². The number of urea groups is 1. The number of nitrogens with one attached hydrogen (secondary N) is 1. The summed E-state index contributed by atoms with van der Waals surface area (Å²) in [6, 6.07) is 9.43. The molecule has 0 saturated heterocycles. The van der Waals surface area contributed by atoms with Gasteiger partial charge in [-0.25, -0.2) is 4.79 Å². The van der Waals surface area contributed by atoms with Crippen LogP contribution in [0.5, 0.6) is 0 Å². The summed E-state index contributed by atoms with van der Waals surface area (Å²) in [7, 11) is 0. The summed E-state index contributed by atoms with van der Waals surface area (Å²) in [6.07, 6.45) is -1.68. The van der Waals surface area contributed by atoms with Gasteiger partial charge in [0.1, 0.15) is 6.61 Å². The van der Waals surface area contributed by atoms with Crippen LogP contribution < -0.4 is 10.2 Å². The molecular weight excluding hydrogens is 479 g/mol. The Bertz CT molecular complexity index is 1160. The van der Waals surface area contributed by atoms with E-state index in [4.69, 9.17) is 4.74 Å². The molecule has 0 heterocycles. The Kier molecular flexibility index (Phi) is 9.54. The van der Waals surface area contributed by atoms with Crippen LogP contribution in [0.25, 0.3) is 0 Å². The molecule has 2 rings (SSSR count). The molecule has 0 spiro atoms. The van der Waals surface area contributed by atoms with E-state index in [1.54, 1.807) is 24.5 Å². The first kappa shape index (κ1) is 27.5. The van der Waals surface area contributed by atoms with Crippen LogP contribution in [-0.2, 0) is 15.7 Å². The van der Waals surface area contributed by atoms with Crippen LogP contribution in [0.2, 0.25) is 0 Å². The molecular formula is C25H24F3N3O3S. The van der Waals surface area contributed by atoms with Crippen molar-refractivity contribution in [2.45, 2.75) is 30.5 Å². The molecule has 1 N–H and O–H groups in total. The second-order valence-electron chi connectivity index (χ2n) is 7.37. The van der Waals surface area contributed by atoms with Crippen LogP contribution >= 0.6 is 11.8 Å². The van der Waals surface area contributed by atoms with Gasteiger partial charge in [0.15, 0.2) is 0 Å². The van der Waals surface area contributed by atoms with Gasteiger partial charge in [-0.05, 0) is 49.1 Å². The zero-order valence-corrected chi connectivity index (χ0v) is 20.0. The number of amides is 2. The molecule has 0 radical (unpaired) electrons. The molecule has 2 aromatic carbocycles. The lowest BCUT2D eigenvalue weighted by Crippen LogP contribution is -2.41. The molecule has 1 unspecified atom stereocenters. The average Bonchev–Trinajstić information content (AvgIpc) is 2.81. The Morgan fingerprint density at radius 1 is 1.29 bits per heavy atom. The van der Waals surface area contributed by atoms with E-state index in [9.17, 15) is 28.0 Å². The highest BCUT2D eigenvalue weighted by molar-refractivity contribution is 7.98. The molecule has 0 aromatic heterocycles. The molecule has 0 bridgehead atoms. The largest absolute Gasteiger partial charge is 0.461 e. The monoisotopic (exact) mass is 503 g/mol. The van der Waals surface area contributed by atoms with E-state index in [0.717, 1.165) is 17.0 Å². The minimum absolute atomic E-state index is 0.0234. The van der Waals surface area contributed by atoms with Crippen molar-refractivity contribution in [3.8, 4) is 6.07 Å². The van der Waals surface area contributed by atoms with Gasteiger partial charge in [0, 0.05) is 10.6 Å². The van der Waals surface area contributed by atoms with Crippen LogP contribution in [0.3, 0.4) is 0 Å². The van der Waals surface area contributed by atoms with Crippen LogP contribution in [0, 0.1) is 11.3 Å². The van der Waals surface area contributed by atoms with Crippen molar-refractivity contribution in [1.29, 1.82) is 5.26 Å². The number of carbonyl (C=O) groups excluding carboxylic acids is 2. The maximum absolute atomic E-state index is 13.3. The number of thioether (sulfide) groups is 1. The number of halogens is 3. The van der Waals surface area contributed by atoms with E-state index in [1.165, 1.54) is 36.9 Å². The predicted molar refractivity (Wildman–Crippen MR) is 129 cm³/mol. The molecule has 0 aliphatic carbocycles. The van der Waals surface area contributed by atoms with Crippen molar-refractivity contribution >= 4 is 29.4 Å². The molecule has 35 heavy (non-hydrogen) atoms. The fraction of sp³-hybridized carbons (Fsp3) is 0.240. The maximum atomic E-state index is 13.3. The van der Waals surface area contributed by atoms with Crippen molar-refractivity contribution in [3.05, 3.63) is 84.1 Å². The summed E-state index contributed by atoms with van der Waals surface area (Å²) in [6.45, 7) is 8.66. The van der Waals surface area contributed by atoms with Crippen LogP contribution in [0.4, 0.5) is 23.7 Å². The first-order valence-electron chi connectivity index (χ1n) is 10.3. The van der Waals surface area contributed by atoms with Gasteiger partial charge in [-0.1, -0.05) is 31.4 Å². The lowest BCUT2D eigenvalue weighted by Gasteiger charge is -2.28.